The van der Waals surface area contributed by atoms with E-state index < -0.39 is 5.60 Å². The van der Waals surface area contributed by atoms with Gasteiger partial charge < -0.3 is 15.0 Å². The Morgan fingerprint density at radius 1 is 1.16 bits per heavy atom. The second-order valence-corrected chi connectivity index (χ2v) is 7.72. The Morgan fingerprint density at radius 2 is 1.79 bits per heavy atom. The van der Waals surface area contributed by atoms with Crippen molar-refractivity contribution >= 4 is 6.09 Å². The molecule has 0 radical (unpaired) electrons. The van der Waals surface area contributed by atoms with Crippen LogP contribution in [-0.2, 0) is 4.74 Å². The number of piperidine rings is 1. The zero-order valence-corrected chi connectivity index (χ0v) is 12.4. The fraction of sp³-hybridized carbons (Fsp3) is 0.933. The molecule has 3 aliphatic rings. The molecule has 0 aromatic rings. The van der Waals surface area contributed by atoms with E-state index in [9.17, 15) is 4.79 Å². The molecule has 19 heavy (non-hydrogen) atoms. The minimum Gasteiger partial charge on any atom is -0.444 e. The first-order valence-corrected chi connectivity index (χ1v) is 7.56. The molecule has 0 aromatic carbocycles. The van der Waals surface area contributed by atoms with Gasteiger partial charge in [-0.3, -0.25) is 0 Å². The Morgan fingerprint density at radius 3 is 2.32 bits per heavy atom. The van der Waals surface area contributed by atoms with Crippen LogP contribution in [0.4, 0.5) is 4.79 Å². The molecule has 1 N–H and O–H groups in total. The summed E-state index contributed by atoms with van der Waals surface area (Å²) in [6.45, 7) is 8.93. The average molecular weight is 266 g/mol. The fourth-order valence-corrected chi connectivity index (χ4v) is 3.81. The third-order valence-corrected chi connectivity index (χ3v) is 4.88. The van der Waals surface area contributed by atoms with Gasteiger partial charge in [-0.15, -0.1) is 0 Å². The summed E-state index contributed by atoms with van der Waals surface area (Å²) in [4.78, 5) is 14.5. The van der Waals surface area contributed by atoms with Gasteiger partial charge in [0.05, 0.1) is 0 Å². The normalized spacial score (nSPS) is 27.8. The quantitative estimate of drug-likeness (QED) is 0.732. The van der Waals surface area contributed by atoms with Crippen molar-refractivity contribution in [2.75, 3.05) is 19.6 Å². The topological polar surface area (TPSA) is 41.6 Å². The molecule has 4 heteroatoms. The highest BCUT2D eigenvalue weighted by Gasteiger charge is 2.61. The number of amides is 1. The summed E-state index contributed by atoms with van der Waals surface area (Å²) in [7, 11) is 0. The smallest absolute Gasteiger partial charge is 0.410 e. The lowest BCUT2D eigenvalue weighted by molar-refractivity contribution is 0.0184. The molecular formula is C15H26N2O2. The predicted molar refractivity (Wildman–Crippen MR) is 74.1 cm³/mol. The van der Waals surface area contributed by atoms with Gasteiger partial charge in [-0.25, -0.2) is 4.79 Å². The van der Waals surface area contributed by atoms with Gasteiger partial charge in [0.15, 0.2) is 0 Å². The number of hydrogen-bond acceptors (Lipinski definition) is 3. The largest absolute Gasteiger partial charge is 0.444 e. The number of carbonyl (C=O) groups excluding carboxylic acids is 1. The number of likely N-dealkylation sites (tertiary alicyclic amines) is 1. The molecule has 108 valence electrons. The van der Waals surface area contributed by atoms with Crippen molar-refractivity contribution in [1.82, 2.24) is 10.2 Å². The van der Waals surface area contributed by atoms with Crippen molar-refractivity contribution in [3.8, 4) is 0 Å². The molecule has 3 fully saturated rings. The van der Waals surface area contributed by atoms with E-state index in [0.29, 0.717) is 5.41 Å². The zero-order valence-electron chi connectivity index (χ0n) is 12.4. The maximum atomic E-state index is 12.4. The summed E-state index contributed by atoms with van der Waals surface area (Å²) in [6.07, 6.45) is 5.84. The first-order valence-electron chi connectivity index (χ1n) is 7.56. The number of rotatable bonds is 0. The van der Waals surface area contributed by atoms with Crippen LogP contribution in [0, 0.1) is 5.41 Å². The predicted octanol–water partition coefficient (Wildman–Crippen LogP) is 2.53. The molecular weight excluding hydrogens is 240 g/mol. The van der Waals surface area contributed by atoms with Crippen molar-refractivity contribution in [2.45, 2.75) is 64.0 Å². The minimum absolute atomic E-state index is 0.0968. The van der Waals surface area contributed by atoms with Crippen LogP contribution in [0.2, 0.25) is 0 Å². The monoisotopic (exact) mass is 266 g/mol. The third-order valence-electron chi connectivity index (χ3n) is 4.88. The number of hydrogen-bond donors (Lipinski definition) is 1. The van der Waals surface area contributed by atoms with Crippen molar-refractivity contribution in [3.05, 3.63) is 0 Å². The van der Waals surface area contributed by atoms with Crippen LogP contribution < -0.4 is 5.32 Å². The maximum Gasteiger partial charge on any atom is 0.410 e. The molecule has 0 atom stereocenters. The second-order valence-electron chi connectivity index (χ2n) is 7.72. The van der Waals surface area contributed by atoms with Crippen LogP contribution in [0.3, 0.4) is 0 Å². The van der Waals surface area contributed by atoms with Crippen molar-refractivity contribution in [2.24, 2.45) is 5.41 Å². The van der Waals surface area contributed by atoms with Crippen molar-refractivity contribution in [1.29, 1.82) is 0 Å². The number of carbonyl (C=O) groups is 1. The maximum absolute atomic E-state index is 12.4. The molecule has 0 unspecified atom stereocenters. The molecule has 3 rings (SSSR count). The summed E-state index contributed by atoms with van der Waals surface area (Å²) in [6, 6.07) is 0. The standard InChI is InChI=1S/C15H26N2O2/c1-13(2,3)19-12(18)17-11-14(6-8-16-9-7-14)10-15(17)4-5-15/h16H,4-11H2,1-3H3. The van der Waals surface area contributed by atoms with Gasteiger partial charge >= 0.3 is 6.09 Å². The fourth-order valence-electron chi connectivity index (χ4n) is 3.81. The number of nitrogens with one attached hydrogen (secondary N) is 1. The Labute approximate surface area is 115 Å². The van der Waals surface area contributed by atoms with E-state index in [0.717, 1.165) is 19.6 Å². The number of nitrogens with zero attached hydrogens (tertiary/aromatic N) is 1. The lowest BCUT2D eigenvalue weighted by Crippen LogP contribution is -2.43. The lowest BCUT2D eigenvalue weighted by atomic mass is 9.77. The summed E-state index contributed by atoms with van der Waals surface area (Å²) in [5, 5.41) is 3.43. The Hall–Kier alpha value is -0.770. The Balaban J connectivity index is 1.73. The van der Waals surface area contributed by atoms with E-state index in [1.54, 1.807) is 0 Å². The molecule has 2 aliphatic heterocycles. The molecule has 4 nitrogen and oxygen atoms in total. The van der Waals surface area contributed by atoms with Gasteiger partial charge in [0.2, 0.25) is 0 Å². The summed E-state index contributed by atoms with van der Waals surface area (Å²) in [5.41, 5.74) is 0.120. The molecule has 1 aliphatic carbocycles. The average Bonchev–Trinajstić information content (AvgIpc) is 2.97. The van der Waals surface area contributed by atoms with E-state index >= 15 is 0 Å². The van der Waals surface area contributed by atoms with Gasteiger partial charge in [-0.05, 0) is 71.4 Å². The summed E-state index contributed by atoms with van der Waals surface area (Å²) < 4.78 is 5.60. The van der Waals surface area contributed by atoms with Gasteiger partial charge in [-0.2, -0.15) is 0 Å². The first-order chi connectivity index (χ1) is 8.84. The van der Waals surface area contributed by atoms with E-state index in [1.165, 1.54) is 32.1 Å². The van der Waals surface area contributed by atoms with Crippen LogP contribution in [0.5, 0.6) is 0 Å². The molecule has 2 heterocycles. The van der Waals surface area contributed by atoms with Gasteiger partial charge in [0.25, 0.3) is 0 Å². The van der Waals surface area contributed by atoms with E-state index in [2.05, 4.69) is 10.2 Å². The van der Waals surface area contributed by atoms with E-state index in [-0.39, 0.29) is 11.6 Å². The van der Waals surface area contributed by atoms with Gasteiger partial charge in [-0.1, -0.05) is 0 Å². The van der Waals surface area contributed by atoms with E-state index in [1.807, 2.05) is 20.8 Å². The molecule has 1 amide bonds. The van der Waals surface area contributed by atoms with Gasteiger partial charge in [0.1, 0.15) is 5.60 Å². The van der Waals surface area contributed by atoms with Crippen LogP contribution in [0.1, 0.15) is 52.9 Å². The first kappa shape index (κ1) is 13.2. The van der Waals surface area contributed by atoms with Gasteiger partial charge in [0, 0.05) is 12.1 Å². The lowest BCUT2D eigenvalue weighted by Gasteiger charge is -2.33. The van der Waals surface area contributed by atoms with Crippen LogP contribution in [-0.4, -0.2) is 41.8 Å². The summed E-state index contributed by atoms with van der Waals surface area (Å²) in [5.74, 6) is 0. The highest BCUT2D eigenvalue weighted by molar-refractivity contribution is 5.70. The van der Waals surface area contributed by atoms with E-state index in [4.69, 9.17) is 4.74 Å². The molecule has 0 bridgehead atoms. The highest BCUT2D eigenvalue weighted by atomic mass is 16.6. The molecule has 2 saturated heterocycles. The summed E-state index contributed by atoms with van der Waals surface area (Å²) >= 11 is 0. The minimum atomic E-state index is -0.392. The van der Waals surface area contributed by atoms with Crippen molar-refractivity contribution in [3.63, 3.8) is 0 Å². The zero-order chi connectivity index (χ0) is 13.7. The SMILES string of the molecule is CC(C)(C)OC(=O)N1CC2(CCNCC2)CC12CC2. The Kier molecular flexibility index (Phi) is 2.86. The second kappa shape index (κ2) is 4.11. The van der Waals surface area contributed by atoms with Crippen molar-refractivity contribution < 1.29 is 9.53 Å². The highest BCUT2D eigenvalue weighted by Crippen LogP contribution is 2.58. The molecule has 1 saturated carbocycles. The third kappa shape index (κ3) is 2.47. The van der Waals surface area contributed by atoms with Crippen LogP contribution in [0.15, 0.2) is 0 Å². The van der Waals surface area contributed by atoms with Crippen LogP contribution >= 0.6 is 0 Å². The van der Waals surface area contributed by atoms with Crippen LogP contribution in [0.25, 0.3) is 0 Å². The molecule has 0 aromatic heterocycles. The Bertz CT molecular complexity index is 376. The number of ether oxygens (including phenoxy) is 1. The molecule has 2 spiro atoms.